The number of fused-ring (bicyclic) bond motifs is 1. The van der Waals surface area contributed by atoms with Gasteiger partial charge in [-0.25, -0.2) is 14.4 Å². The van der Waals surface area contributed by atoms with E-state index in [9.17, 15) is 9.18 Å². The van der Waals surface area contributed by atoms with Crippen molar-refractivity contribution in [1.29, 1.82) is 0 Å². The van der Waals surface area contributed by atoms with Crippen LogP contribution in [0.25, 0.3) is 0 Å². The molecule has 0 aliphatic carbocycles. The number of ether oxygens (including phenoxy) is 1. The first kappa shape index (κ1) is 19.7. The summed E-state index contributed by atoms with van der Waals surface area (Å²) in [5, 5.41) is 0. The molecule has 0 spiro atoms. The van der Waals surface area contributed by atoms with Crippen molar-refractivity contribution in [2.45, 2.75) is 19.0 Å². The molecule has 1 amide bonds. The lowest BCUT2D eigenvalue weighted by Gasteiger charge is -2.36. The van der Waals surface area contributed by atoms with E-state index in [1.165, 1.54) is 12.1 Å². The number of carbonyl (C=O) groups excluding carboxylic acids is 1. The quantitative estimate of drug-likeness (QED) is 0.779. The number of benzene rings is 1. The summed E-state index contributed by atoms with van der Waals surface area (Å²) in [7, 11) is 3.67. The van der Waals surface area contributed by atoms with Gasteiger partial charge in [0.15, 0.2) is 0 Å². The number of halogens is 1. The van der Waals surface area contributed by atoms with Crippen molar-refractivity contribution in [3.8, 4) is 0 Å². The smallest absolute Gasteiger partial charge is 0.244 e. The summed E-state index contributed by atoms with van der Waals surface area (Å²) in [6, 6.07) is 5.72. The highest BCUT2D eigenvalue weighted by molar-refractivity contribution is 5.83. The van der Waals surface area contributed by atoms with E-state index in [0.29, 0.717) is 38.3 Å². The Morgan fingerprint density at radius 1 is 1.21 bits per heavy atom. The molecule has 1 aromatic carbocycles. The van der Waals surface area contributed by atoms with E-state index in [4.69, 9.17) is 4.74 Å². The molecule has 0 unspecified atom stereocenters. The largest absolute Gasteiger partial charge is 0.378 e. The molecular formula is C21H26FN5O2. The number of morpholine rings is 1. The predicted molar refractivity (Wildman–Crippen MR) is 107 cm³/mol. The topological polar surface area (TPSA) is 61.8 Å². The number of hydrogen-bond donors (Lipinski definition) is 0. The summed E-state index contributed by atoms with van der Waals surface area (Å²) in [6.07, 6.45) is 2.28. The Morgan fingerprint density at radius 3 is 2.72 bits per heavy atom. The van der Waals surface area contributed by atoms with Gasteiger partial charge >= 0.3 is 0 Å². The van der Waals surface area contributed by atoms with Crippen molar-refractivity contribution < 1.29 is 13.9 Å². The number of likely N-dealkylation sites (N-methyl/N-ethyl adjacent to an activating group) is 1. The lowest BCUT2D eigenvalue weighted by molar-refractivity contribution is -0.137. The van der Waals surface area contributed by atoms with Crippen LogP contribution in [0.2, 0.25) is 0 Å². The minimum atomic E-state index is -0.534. The van der Waals surface area contributed by atoms with Crippen molar-refractivity contribution in [3.63, 3.8) is 0 Å². The molecule has 2 aromatic rings. The first-order chi connectivity index (χ1) is 14.0. The highest BCUT2D eigenvalue weighted by atomic mass is 19.1. The summed E-state index contributed by atoms with van der Waals surface area (Å²) in [5.74, 6) is 0.575. The van der Waals surface area contributed by atoms with E-state index in [-0.39, 0.29) is 11.7 Å². The Bertz CT molecular complexity index is 885. The van der Waals surface area contributed by atoms with Crippen LogP contribution in [-0.4, -0.2) is 72.6 Å². The first-order valence-electron chi connectivity index (χ1n) is 9.90. The van der Waals surface area contributed by atoms with Crippen LogP contribution in [0.3, 0.4) is 0 Å². The van der Waals surface area contributed by atoms with Crippen molar-refractivity contribution >= 4 is 11.7 Å². The van der Waals surface area contributed by atoms with E-state index in [2.05, 4.69) is 14.9 Å². The Kier molecular flexibility index (Phi) is 5.73. The minimum Gasteiger partial charge on any atom is -0.378 e. The molecule has 3 heterocycles. The fourth-order valence-corrected chi connectivity index (χ4v) is 4.08. The van der Waals surface area contributed by atoms with E-state index < -0.39 is 6.04 Å². The number of carbonyl (C=O) groups is 1. The summed E-state index contributed by atoms with van der Waals surface area (Å²) in [4.78, 5) is 28.2. The molecule has 7 nitrogen and oxygen atoms in total. The van der Waals surface area contributed by atoms with Gasteiger partial charge in [-0.2, -0.15) is 0 Å². The number of amides is 1. The lowest BCUT2D eigenvalue weighted by atomic mass is 10.0. The van der Waals surface area contributed by atoms with Crippen LogP contribution in [0.4, 0.5) is 10.2 Å². The SMILES string of the molecule is CN(C)[C@H](C(=O)N1CCc2c(ncnc2N2CCOCC2)C1)c1cccc(F)c1. The molecule has 1 saturated heterocycles. The Hall–Kier alpha value is -2.58. The summed E-state index contributed by atoms with van der Waals surface area (Å²) in [6.45, 7) is 4.05. The third kappa shape index (κ3) is 4.09. The second-order valence-electron chi connectivity index (χ2n) is 7.65. The molecule has 1 atom stereocenters. The third-order valence-electron chi connectivity index (χ3n) is 5.52. The Morgan fingerprint density at radius 2 is 2.00 bits per heavy atom. The van der Waals surface area contributed by atoms with Crippen molar-refractivity contribution in [2.75, 3.05) is 51.8 Å². The van der Waals surface area contributed by atoms with Crippen LogP contribution in [0.5, 0.6) is 0 Å². The summed E-state index contributed by atoms with van der Waals surface area (Å²) < 4.78 is 19.2. The normalized spacial score (nSPS) is 17.9. The highest BCUT2D eigenvalue weighted by Gasteiger charge is 2.32. The second kappa shape index (κ2) is 8.42. The number of nitrogens with zero attached hydrogens (tertiary/aromatic N) is 5. The zero-order valence-corrected chi connectivity index (χ0v) is 16.8. The molecule has 29 heavy (non-hydrogen) atoms. The molecule has 4 rings (SSSR count). The van der Waals surface area contributed by atoms with Gasteiger partial charge in [0.2, 0.25) is 5.91 Å². The zero-order valence-electron chi connectivity index (χ0n) is 16.8. The Labute approximate surface area is 170 Å². The molecule has 0 N–H and O–H groups in total. The maximum atomic E-state index is 13.7. The van der Waals surface area contributed by atoms with Crippen molar-refractivity contribution in [1.82, 2.24) is 19.8 Å². The molecule has 8 heteroatoms. The van der Waals surface area contributed by atoms with Gasteiger partial charge in [-0.3, -0.25) is 9.69 Å². The molecule has 154 valence electrons. The Balaban J connectivity index is 1.56. The number of rotatable bonds is 4. The maximum Gasteiger partial charge on any atom is 0.244 e. The van der Waals surface area contributed by atoms with Gasteiger partial charge in [-0.1, -0.05) is 12.1 Å². The van der Waals surface area contributed by atoms with Gasteiger partial charge in [0, 0.05) is 25.2 Å². The monoisotopic (exact) mass is 399 g/mol. The van der Waals surface area contributed by atoms with E-state index in [1.54, 1.807) is 18.5 Å². The van der Waals surface area contributed by atoms with Crippen LogP contribution < -0.4 is 4.90 Å². The van der Waals surface area contributed by atoms with Gasteiger partial charge in [0.1, 0.15) is 24.0 Å². The average molecular weight is 399 g/mol. The fraction of sp³-hybridized carbons (Fsp3) is 0.476. The second-order valence-corrected chi connectivity index (χ2v) is 7.65. The van der Waals surface area contributed by atoms with Crippen LogP contribution in [0.1, 0.15) is 22.9 Å². The van der Waals surface area contributed by atoms with E-state index in [0.717, 1.165) is 30.2 Å². The van der Waals surface area contributed by atoms with Crippen molar-refractivity contribution in [2.24, 2.45) is 0 Å². The molecule has 0 radical (unpaired) electrons. The standard InChI is InChI=1S/C21H26FN5O2/c1-25(2)19(15-4-3-5-16(22)12-15)21(28)27-7-6-17-18(13-27)23-14-24-20(17)26-8-10-29-11-9-26/h3-5,12,14,19H,6-11,13H2,1-2H3/t19-/m0/s1. The van der Waals surface area contributed by atoms with Gasteiger partial charge in [0.05, 0.1) is 25.5 Å². The minimum absolute atomic E-state index is 0.0437. The maximum absolute atomic E-state index is 13.7. The number of hydrogen-bond acceptors (Lipinski definition) is 6. The third-order valence-corrected chi connectivity index (χ3v) is 5.52. The molecule has 2 aliphatic heterocycles. The van der Waals surface area contributed by atoms with E-state index in [1.807, 2.05) is 23.9 Å². The van der Waals surface area contributed by atoms with Gasteiger partial charge in [-0.15, -0.1) is 0 Å². The molecule has 1 fully saturated rings. The van der Waals surface area contributed by atoms with Crippen LogP contribution in [0.15, 0.2) is 30.6 Å². The average Bonchev–Trinajstić information content (AvgIpc) is 2.73. The predicted octanol–water partition coefficient (Wildman–Crippen LogP) is 1.64. The lowest BCUT2D eigenvalue weighted by Crippen LogP contribution is -2.44. The molecule has 0 saturated carbocycles. The molecule has 2 aliphatic rings. The molecule has 1 aromatic heterocycles. The number of anilines is 1. The van der Waals surface area contributed by atoms with Gasteiger partial charge in [-0.05, 0) is 38.2 Å². The zero-order chi connectivity index (χ0) is 20.4. The number of aromatic nitrogens is 2. The molecule has 0 bridgehead atoms. The van der Waals surface area contributed by atoms with Crippen LogP contribution in [-0.2, 0) is 22.5 Å². The highest BCUT2D eigenvalue weighted by Crippen LogP contribution is 2.29. The van der Waals surface area contributed by atoms with Gasteiger partial charge < -0.3 is 14.5 Å². The summed E-state index contributed by atoms with van der Waals surface area (Å²) >= 11 is 0. The first-order valence-corrected chi connectivity index (χ1v) is 9.90. The summed E-state index contributed by atoms with van der Waals surface area (Å²) in [5.41, 5.74) is 2.66. The molecular weight excluding hydrogens is 373 g/mol. The van der Waals surface area contributed by atoms with E-state index >= 15 is 0 Å². The van der Waals surface area contributed by atoms with Crippen LogP contribution in [0, 0.1) is 5.82 Å². The fourth-order valence-electron chi connectivity index (χ4n) is 4.08. The van der Waals surface area contributed by atoms with Gasteiger partial charge in [0.25, 0.3) is 0 Å². The van der Waals surface area contributed by atoms with Crippen molar-refractivity contribution in [3.05, 3.63) is 53.2 Å². The van der Waals surface area contributed by atoms with Crippen LogP contribution >= 0.6 is 0 Å².